The van der Waals surface area contributed by atoms with Crippen LogP contribution in [0.25, 0.3) is 0 Å². The Morgan fingerprint density at radius 2 is 1.81 bits per heavy atom. The summed E-state index contributed by atoms with van der Waals surface area (Å²) in [6.07, 6.45) is 6.82. The molecule has 43 heavy (non-hydrogen) atoms. The summed E-state index contributed by atoms with van der Waals surface area (Å²) < 4.78 is 12.5. The second-order valence-electron chi connectivity index (χ2n) is 12.7. The van der Waals surface area contributed by atoms with E-state index in [0.717, 1.165) is 16.8 Å². The van der Waals surface area contributed by atoms with Crippen LogP contribution in [0.15, 0.2) is 42.5 Å². The fourth-order valence-corrected chi connectivity index (χ4v) is 7.25. The van der Waals surface area contributed by atoms with Crippen LogP contribution in [-0.2, 0) is 28.7 Å². The molecule has 1 spiro atoms. The third-order valence-electron chi connectivity index (χ3n) is 9.03. The van der Waals surface area contributed by atoms with Crippen molar-refractivity contribution in [2.75, 3.05) is 24.6 Å². The lowest BCUT2D eigenvalue weighted by atomic mass is 9.78. The Morgan fingerprint density at radius 3 is 2.49 bits per heavy atom. The Kier molecular flexibility index (Phi) is 8.81. The number of rotatable bonds is 5. The minimum atomic E-state index is -1.46. The molecular formula is C33H43N3O7. The summed E-state index contributed by atoms with van der Waals surface area (Å²) in [6, 6.07) is 4.07. The normalized spacial score (nSPS) is 32.7. The van der Waals surface area contributed by atoms with Gasteiger partial charge in [-0.15, -0.1) is 0 Å². The highest BCUT2D eigenvalue weighted by Gasteiger charge is 2.72. The first-order valence-corrected chi connectivity index (χ1v) is 15.3. The molecule has 5 rings (SSSR count). The summed E-state index contributed by atoms with van der Waals surface area (Å²) in [4.78, 5) is 58.6. The van der Waals surface area contributed by atoms with Crippen LogP contribution >= 0.6 is 0 Å². The van der Waals surface area contributed by atoms with Crippen LogP contribution < -0.4 is 10.2 Å². The van der Waals surface area contributed by atoms with Crippen molar-refractivity contribution in [3.63, 3.8) is 0 Å². The minimum absolute atomic E-state index is 0.131. The number of cyclic esters (lactones) is 1. The third kappa shape index (κ3) is 5.51. The summed E-state index contributed by atoms with van der Waals surface area (Å²) in [5.41, 5.74) is 1.15. The van der Waals surface area contributed by atoms with Crippen molar-refractivity contribution in [3.05, 3.63) is 53.6 Å². The number of ether oxygens (including phenoxy) is 2. The molecule has 10 heteroatoms. The van der Waals surface area contributed by atoms with Gasteiger partial charge in [0.1, 0.15) is 23.7 Å². The number of hydrogen-bond acceptors (Lipinski definition) is 7. The molecule has 4 heterocycles. The van der Waals surface area contributed by atoms with Crippen molar-refractivity contribution < 1.29 is 33.8 Å². The Balaban J connectivity index is 1.65. The Morgan fingerprint density at radius 1 is 1.09 bits per heavy atom. The van der Waals surface area contributed by atoms with Gasteiger partial charge in [-0.3, -0.25) is 19.2 Å². The highest BCUT2D eigenvalue weighted by atomic mass is 16.6. The fourth-order valence-electron chi connectivity index (χ4n) is 7.25. The maximum Gasteiger partial charge on any atom is 0.313 e. The zero-order valence-electron chi connectivity index (χ0n) is 25.6. The van der Waals surface area contributed by atoms with Crippen LogP contribution in [0, 0.1) is 31.6 Å². The number of aliphatic hydroxyl groups excluding tert-OH is 1. The van der Waals surface area contributed by atoms with Gasteiger partial charge in [-0.05, 0) is 50.7 Å². The largest absolute Gasteiger partial charge is 0.460 e. The molecule has 0 saturated carbocycles. The summed E-state index contributed by atoms with van der Waals surface area (Å²) in [7, 11) is 0. The minimum Gasteiger partial charge on any atom is -0.460 e. The topological polar surface area (TPSA) is 125 Å². The second-order valence-corrected chi connectivity index (χ2v) is 12.7. The van der Waals surface area contributed by atoms with E-state index in [4.69, 9.17) is 9.47 Å². The van der Waals surface area contributed by atoms with Gasteiger partial charge in [-0.2, -0.15) is 0 Å². The molecule has 0 unspecified atom stereocenters. The molecule has 10 nitrogen and oxygen atoms in total. The number of aryl methyl sites for hydroxylation is 2. The van der Waals surface area contributed by atoms with Crippen molar-refractivity contribution in [1.82, 2.24) is 10.2 Å². The first-order valence-electron chi connectivity index (χ1n) is 15.3. The van der Waals surface area contributed by atoms with Gasteiger partial charge in [0.2, 0.25) is 11.8 Å². The lowest BCUT2D eigenvalue weighted by Gasteiger charge is -2.39. The van der Waals surface area contributed by atoms with E-state index < -0.39 is 53.6 Å². The van der Waals surface area contributed by atoms with E-state index in [0.29, 0.717) is 12.8 Å². The molecule has 2 fully saturated rings. The number of benzene rings is 1. The van der Waals surface area contributed by atoms with Crippen LogP contribution in [0.2, 0.25) is 0 Å². The third-order valence-corrected chi connectivity index (χ3v) is 9.03. The average Bonchev–Trinajstić information content (AvgIpc) is 3.34. The molecule has 4 aliphatic heterocycles. The predicted molar refractivity (Wildman–Crippen MR) is 160 cm³/mol. The van der Waals surface area contributed by atoms with Crippen molar-refractivity contribution >= 4 is 29.4 Å². The van der Waals surface area contributed by atoms with Gasteiger partial charge < -0.3 is 29.7 Å². The summed E-state index contributed by atoms with van der Waals surface area (Å²) >= 11 is 0. The highest BCUT2D eigenvalue weighted by molar-refractivity contribution is 6.06. The first-order chi connectivity index (χ1) is 20.5. The fraction of sp³-hybridized carbons (Fsp3) is 0.576. The Hall–Kier alpha value is -3.50. The maximum absolute atomic E-state index is 14.8. The summed E-state index contributed by atoms with van der Waals surface area (Å²) in [5, 5.41) is 13.3. The van der Waals surface area contributed by atoms with Crippen molar-refractivity contribution in [1.29, 1.82) is 0 Å². The Labute approximate surface area is 253 Å². The lowest BCUT2D eigenvalue weighted by molar-refractivity contribution is -0.159. The van der Waals surface area contributed by atoms with Gasteiger partial charge in [-0.1, -0.05) is 56.4 Å². The van der Waals surface area contributed by atoms with Gasteiger partial charge in [0.25, 0.3) is 5.91 Å². The number of para-hydroxylation sites is 1. The number of allylic oxidation sites excluding steroid dienone is 1. The van der Waals surface area contributed by atoms with Crippen LogP contribution in [0.3, 0.4) is 0 Å². The molecule has 3 amide bonds. The maximum atomic E-state index is 14.8. The second kappa shape index (κ2) is 12.2. The van der Waals surface area contributed by atoms with E-state index in [1.54, 1.807) is 30.1 Å². The number of anilines is 1. The quantitative estimate of drug-likeness (QED) is 0.397. The van der Waals surface area contributed by atoms with Gasteiger partial charge in [-0.25, -0.2) is 0 Å². The molecule has 1 aromatic carbocycles. The van der Waals surface area contributed by atoms with Crippen LogP contribution in [0.1, 0.15) is 51.2 Å². The number of amides is 3. The lowest BCUT2D eigenvalue weighted by Crippen LogP contribution is -2.58. The van der Waals surface area contributed by atoms with Gasteiger partial charge in [0.15, 0.2) is 0 Å². The van der Waals surface area contributed by atoms with Crippen molar-refractivity contribution in [2.45, 2.75) is 83.8 Å². The van der Waals surface area contributed by atoms with Crippen LogP contribution in [-0.4, -0.2) is 83.3 Å². The number of fused-ring (bicyclic) bond motifs is 2. The van der Waals surface area contributed by atoms with E-state index in [-0.39, 0.29) is 43.8 Å². The highest BCUT2D eigenvalue weighted by Crippen LogP contribution is 2.54. The van der Waals surface area contributed by atoms with Crippen molar-refractivity contribution in [3.8, 4) is 0 Å². The molecule has 7 atom stereocenters. The van der Waals surface area contributed by atoms with E-state index in [9.17, 15) is 24.3 Å². The van der Waals surface area contributed by atoms with Gasteiger partial charge in [0.05, 0.1) is 31.2 Å². The van der Waals surface area contributed by atoms with E-state index in [2.05, 4.69) is 5.32 Å². The monoisotopic (exact) mass is 593 g/mol. The molecule has 1 aromatic rings. The average molecular weight is 594 g/mol. The van der Waals surface area contributed by atoms with Gasteiger partial charge >= 0.3 is 5.97 Å². The van der Waals surface area contributed by atoms with Crippen LogP contribution in [0.5, 0.6) is 0 Å². The molecule has 4 aliphatic rings. The molecule has 0 radical (unpaired) electrons. The zero-order chi connectivity index (χ0) is 31.1. The van der Waals surface area contributed by atoms with E-state index in [1.165, 1.54) is 4.90 Å². The first kappa shape index (κ1) is 30.9. The van der Waals surface area contributed by atoms with Crippen molar-refractivity contribution in [2.24, 2.45) is 17.8 Å². The zero-order valence-corrected chi connectivity index (χ0v) is 25.6. The molecule has 2 saturated heterocycles. The number of aliphatic hydroxyl groups is 1. The number of carbonyl (C=O) groups is 4. The van der Waals surface area contributed by atoms with Crippen LogP contribution in [0.4, 0.5) is 5.69 Å². The molecule has 0 aliphatic carbocycles. The summed E-state index contributed by atoms with van der Waals surface area (Å²) in [6.45, 7) is 9.65. The number of nitrogens with zero attached hydrogens (tertiary/aromatic N) is 2. The van der Waals surface area contributed by atoms with Gasteiger partial charge in [0, 0.05) is 18.7 Å². The molecule has 232 valence electrons. The summed E-state index contributed by atoms with van der Waals surface area (Å²) in [5.74, 6) is -3.42. The van der Waals surface area contributed by atoms with E-state index >= 15 is 0 Å². The van der Waals surface area contributed by atoms with E-state index in [1.807, 2.05) is 52.0 Å². The number of nitrogens with one attached hydrogen (secondary N) is 1. The number of hydrogen-bond donors (Lipinski definition) is 2. The standard InChI is InChI=1S/C33H43N3O7/c1-19(2)16-23(18-37)36-29-31(40)35(28-20(3)10-8-11-21(28)4)15-9-14-33(29)27(30(36)39)26-24(43-33)12-6-7-13-25(38)34-17-22(5)42-32(26)41/h6,8-12,14,19,22-24,26-27,29,37H,7,13,15-18H2,1-5H3,(H,34,38)/b12-6-/t22-,23+,24-,26+,27+,29-,33+/m0/s1. The molecule has 0 aromatic heterocycles. The predicted octanol–water partition coefficient (Wildman–Crippen LogP) is 2.59. The number of likely N-dealkylation sites (tertiary alicyclic amines) is 1. The Bertz CT molecular complexity index is 1320. The molecule has 0 bridgehead atoms. The number of carbonyl (C=O) groups excluding carboxylic acids is 4. The smallest absolute Gasteiger partial charge is 0.313 e. The number of esters is 1. The molecule has 2 N–H and O–H groups in total. The SMILES string of the molecule is Cc1cccc(C)c1N1CC=C[C@@]23O[C@H]4/C=C\CCC(=O)NC[C@H](C)OC(=O)[C@H]4[C@@H]2C(=O)N([C@@H](CO)CC(C)C)[C@H]3C1=O. The molecular weight excluding hydrogens is 550 g/mol.